The highest BCUT2D eigenvalue weighted by Gasteiger charge is 2.11. The van der Waals surface area contributed by atoms with Crippen LogP contribution in [0.15, 0.2) is 24.3 Å². The summed E-state index contributed by atoms with van der Waals surface area (Å²) < 4.78 is 28.8. The highest BCUT2D eigenvalue weighted by atomic mass is 19.4. The summed E-state index contributed by atoms with van der Waals surface area (Å²) in [5, 5.41) is 0. The fraction of sp³-hybridized carbons (Fsp3) is 0.364. The molecule has 0 spiro atoms. The molecule has 3 heteroatoms. The SMILES string of the molecule is CC(C)(C)c1cc[c]cc1.F[C](F)F. The Bertz CT molecular complexity index is 234. The van der Waals surface area contributed by atoms with Crippen LogP contribution in [0.25, 0.3) is 0 Å². The molecular weight excluding hydrogens is 189 g/mol. The third kappa shape index (κ3) is 6.52. The molecule has 0 saturated heterocycles. The van der Waals surface area contributed by atoms with Crippen molar-refractivity contribution < 1.29 is 13.2 Å². The van der Waals surface area contributed by atoms with Gasteiger partial charge in [-0.05, 0) is 17.0 Å². The van der Waals surface area contributed by atoms with E-state index in [2.05, 4.69) is 39.0 Å². The molecule has 0 amide bonds. The zero-order valence-corrected chi connectivity index (χ0v) is 8.44. The summed E-state index contributed by atoms with van der Waals surface area (Å²) in [6, 6.07) is 11.1. The first-order valence-electron chi connectivity index (χ1n) is 4.14. The van der Waals surface area contributed by atoms with E-state index in [9.17, 15) is 13.2 Å². The Morgan fingerprint density at radius 1 is 1.07 bits per heavy atom. The van der Waals surface area contributed by atoms with Gasteiger partial charge in [0, 0.05) is 0 Å². The lowest BCUT2D eigenvalue weighted by Gasteiger charge is -2.17. The molecule has 0 bridgehead atoms. The zero-order chi connectivity index (χ0) is 11.2. The highest BCUT2D eigenvalue weighted by molar-refractivity contribution is 5.21. The second-order valence-electron chi connectivity index (χ2n) is 3.75. The lowest BCUT2D eigenvalue weighted by atomic mass is 9.87. The van der Waals surface area contributed by atoms with Gasteiger partial charge in [0.1, 0.15) is 0 Å². The smallest absolute Gasteiger partial charge is 0.162 e. The van der Waals surface area contributed by atoms with Crippen LogP contribution in [0.2, 0.25) is 0 Å². The minimum Gasteiger partial charge on any atom is -0.162 e. The summed E-state index contributed by atoms with van der Waals surface area (Å²) in [6.07, 6.45) is 0. The molecule has 0 aliphatic carbocycles. The van der Waals surface area contributed by atoms with E-state index < -0.39 is 6.68 Å². The van der Waals surface area contributed by atoms with Gasteiger partial charge in [0.2, 0.25) is 0 Å². The highest BCUT2D eigenvalue weighted by Crippen LogP contribution is 2.20. The number of hydrogen-bond donors (Lipinski definition) is 0. The zero-order valence-electron chi connectivity index (χ0n) is 8.44. The van der Waals surface area contributed by atoms with Crippen LogP contribution in [-0.2, 0) is 5.41 Å². The van der Waals surface area contributed by atoms with Gasteiger partial charge in [0.05, 0.1) is 0 Å². The molecule has 0 nitrogen and oxygen atoms in total. The van der Waals surface area contributed by atoms with E-state index in [0.717, 1.165) is 0 Å². The van der Waals surface area contributed by atoms with Crippen LogP contribution in [0.5, 0.6) is 0 Å². The Morgan fingerprint density at radius 3 is 1.64 bits per heavy atom. The van der Waals surface area contributed by atoms with Gasteiger partial charge >= 0.3 is 6.68 Å². The number of hydrogen-bond acceptors (Lipinski definition) is 0. The Labute approximate surface area is 82.8 Å². The van der Waals surface area contributed by atoms with Crippen LogP contribution in [0.4, 0.5) is 13.2 Å². The molecular formula is C11H13F3. The topological polar surface area (TPSA) is 0 Å². The molecule has 0 atom stereocenters. The maximum atomic E-state index is 9.58. The molecule has 78 valence electrons. The molecule has 0 fully saturated rings. The lowest BCUT2D eigenvalue weighted by molar-refractivity contribution is 0.142. The predicted molar refractivity (Wildman–Crippen MR) is 50.5 cm³/mol. The van der Waals surface area contributed by atoms with Crippen molar-refractivity contribution >= 4 is 0 Å². The van der Waals surface area contributed by atoms with Crippen molar-refractivity contribution in [1.29, 1.82) is 0 Å². The Kier molecular flexibility index (Phi) is 5.28. The standard InChI is InChI=1S/C10H13.CF3/c1-10(2,3)9-7-5-4-6-8-9;2-1(3)4/h5-8H,1-3H3;. The Hall–Kier alpha value is -0.990. The monoisotopic (exact) mass is 202 g/mol. The summed E-state index contributed by atoms with van der Waals surface area (Å²) in [5.74, 6) is 0. The normalized spacial score (nSPS) is 10.8. The van der Waals surface area contributed by atoms with Gasteiger partial charge in [0.15, 0.2) is 0 Å². The third-order valence-corrected chi connectivity index (χ3v) is 1.58. The second kappa shape index (κ2) is 5.68. The van der Waals surface area contributed by atoms with Crippen LogP contribution in [-0.4, -0.2) is 0 Å². The molecule has 1 aromatic rings. The molecule has 0 aromatic heterocycles. The van der Waals surface area contributed by atoms with Crippen LogP contribution >= 0.6 is 0 Å². The Balaban J connectivity index is 0.000000364. The molecule has 14 heavy (non-hydrogen) atoms. The first-order chi connectivity index (χ1) is 6.34. The quantitative estimate of drug-likeness (QED) is 0.593. The predicted octanol–water partition coefficient (Wildman–Crippen LogP) is 4.13. The first-order valence-corrected chi connectivity index (χ1v) is 4.14. The molecule has 0 saturated carbocycles. The van der Waals surface area contributed by atoms with Crippen LogP contribution in [0.3, 0.4) is 0 Å². The molecule has 0 unspecified atom stereocenters. The van der Waals surface area contributed by atoms with Crippen molar-refractivity contribution in [2.75, 3.05) is 0 Å². The van der Waals surface area contributed by atoms with E-state index >= 15 is 0 Å². The summed E-state index contributed by atoms with van der Waals surface area (Å²) in [6.45, 7) is 3.55. The summed E-state index contributed by atoms with van der Waals surface area (Å²) >= 11 is 0. The molecule has 0 aliphatic rings. The van der Waals surface area contributed by atoms with E-state index in [4.69, 9.17) is 0 Å². The third-order valence-electron chi connectivity index (χ3n) is 1.58. The molecule has 0 aliphatic heterocycles. The average molecular weight is 202 g/mol. The molecule has 1 aromatic carbocycles. The summed E-state index contributed by atoms with van der Waals surface area (Å²) in [7, 11) is 0. The fourth-order valence-electron chi connectivity index (χ4n) is 0.887. The van der Waals surface area contributed by atoms with Gasteiger partial charge < -0.3 is 0 Å². The van der Waals surface area contributed by atoms with Crippen molar-refractivity contribution in [2.24, 2.45) is 0 Å². The maximum absolute atomic E-state index is 9.58. The largest absolute Gasteiger partial charge is 0.487 e. The maximum Gasteiger partial charge on any atom is 0.487 e. The molecule has 0 heterocycles. The van der Waals surface area contributed by atoms with Crippen LogP contribution in [0.1, 0.15) is 26.3 Å². The van der Waals surface area contributed by atoms with Crippen molar-refractivity contribution in [3.63, 3.8) is 0 Å². The summed E-state index contributed by atoms with van der Waals surface area (Å²) in [5.41, 5.74) is 1.64. The van der Waals surface area contributed by atoms with Crippen LogP contribution < -0.4 is 0 Å². The van der Waals surface area contributed by atoms with Gasteiger partial charge in [-0.2, -0.15) is 13.2 Å². The molecule has 2 radical (unpaired) electrons. The number of rotatable bonds is 0. The minimum absolute atomic E-state index is 0.273. The summed E-state index contributed by atoms with van der Waals surface area (Å²) in [4.78, 5) is 0. The van der Waals surface area contributed by atoms with Gasteiger partial charge in [-0.3, -0.25) is 0 Å². The molecule has 1 rings (SSSR count). The van der Waals surface area contributed by atoms with E-state index in [0.29, 0.717) is 0 Å². The van der Waals surface area contributed by atoms with E-state index in [1.165, 1.54) is 5.56 Å². The van der Waals surface area contributed by atoms with Gasteiger partial charge in [-0.25, -0.2) is 0 Å². The van der Waals surface area contributed by atoms with Crippen LogP contribution in [0, 0.1) is 12.7 Å². The van der Waals surface area contributed by atoms with E-state index in [-0.39, 0.29) is 5.41 Å². The minimum atomic E-state index is -3.08. The van der Waals surface area contributed by atoms with Crippen molar-refractivity contribution in [3.05, 3.63) is 42.6 Å². The van der Waals surface area contributed by atoms with E-state index in [1.54, 1.807) is 0 Å². The van der Waals surface area contributed by atoms with Gasteiger partial charge in [-0.1, -0.05) is 45.0 Å². The van der Waals surface area contributed by atoms with Crippen molar-refractivity contribution in [1.82, 2.24) is 0 Å². The average Bonchev–Trinajstić information content (AvgIpc) is 2.03. The second-order valence-corrected chi connectivity index (χ2v) is 3.75. The number of halogens is 3. The van der Waals surface area contributed by atoms with Crippen molar-refractivity contribution in [2.45, 2.75) is 26.2 Å². The van der Waals surface area contributed by atoms with Crippen molar-refractivity contribution in [3.8, 4) is 0 Å². The van der Waals surface area contributed by atoms with Gasteiger partial charge in [-0.15, -0.1) is 0 Å². The van der Waals surface area contributed by atoms with E-state index in [1.807, 2.05) is 12.1 Å². The fourth-order valence-corrected chi connectivity index (χ4v) is 0.887. The lowest BCUT2D eigenvalue weighted by Crippen LogP contribution is -2.10. The molecule has 0 N–H and O–H groups in total. The van der Waals surface area contributed by atoms with Gasteiger partial charge in [0.25, 0.3) is 0 Å². The first kappa shape index (κ1) is 13.0. The number of benzene rings is 1. The Morgan fingerprint density at radius 2 is 1.43 bits per heavy atom.